The van der Waals surface area contributed by atoms with E-state index >= 15 is 0 Å². The molecular formula is C16H27N5O. The topological polar surface area (TPSA) is 36.8 Å². The molecule has 1 aromatic rings. The van der Waals surface area contributed by atoms with Crippen molar-refractivity contribution in [3.63, 3.8) is 0 Å². The van der Waals surface area contributed by atoms with Crippen LogP contribution in [0.15, 0.2) is 6.20 Å². The Morgan fingerprint density at radius 1 is 1.18 bits per heavy atom. The lowest BCUT2D eigenvalue weighted by Crippen LogP contribution is -2.45. The summed E-state index contributed by atoms with van der Waals surface area (Å²) in [5.74, 6) is 1.24. The van der Waals surface area contributed by atoms with Crippen molar-refractivity contribution >= 4 is 0 Å². The SMILES string of the molecule is CN1CCN(Cc2cnc3n2CCN(C2CCOC2)C3)CC1. The molecule has 3 aliphatic heterocycles. The molecule has 6 heteroatoms. The number of piperazine rings is 1. The van der Waals surface area contributed by atoms with Gasteiger partial charge in [-0.15, -0.1) is 0 Å². The van der Waals surface area contributed by atoms with Crippen LogP contribution in [0.3, 0.4) is 0 Å². The van der Waals surface area contributed by atoms with Gasteiger partial charge in [0.05, 0.1) is 18.8 Å². The highest BCUT2D eigenvalue weighted by Crippen LogP contribution is 2.21. The third kappa shape index (κ3) is 2.93. The van der Waals surface area contributed by atoms with Gasteiger partial charge in [0.2, 0.25) is 0 Å². The highest BCUT2D eigenvalue weighted by molar-refractivity contribution is 5.08. The van der Waals surface area contributed by atoms with Gasteiger partial charge in [-0.2, -0.15) is 0 Å². The Morgan fingerprint density at radius 3 is 2.82 bits per heavy atom. The summed E-state index contributed by atoms with van der Waals surface area (Å²) in [4.78, 5) is 12.2. The van der Waals surface area contributed by atoms with Gasteiger partial charge in [-0.05, 0) is 13.5 Å². The van der Waals surface area contributed by atoms with E-state index < -0.39 is 0 Å². The van der Waals surface area contributed by atoms with Gasteiger partial charge >= 0.3 is 0 Å². The Hall–Kier alpha value is -0.950. The van der Waals surface area contributed by atoms with Gasteiger partial charge in [0, 0.05) is 64.7 Å². The maximum atomic E-state index is 5.53. The Bertz CT molecular complexity index is 503. The fourth-order valence-electron chi connectivity index (χ4n) is 3.83. The predicted molar refractivity (Wildman–Crippen MR) is 84.6 cm³/mol. The molecule has 3 aliphatic rings. The number of fused-ring (bicyclic) bond motifs is 1. The normalized spacial score (nSPS) is 28.1. The van der Waals surface area contributed by atoms with Crippen molar-refractivity contribution in [1.82, 2.24) is 24.3 Å². The summed E-state index contributed by atoms with van der Waals surface area (Å²) in [6.07, 6.45) is 3.27. The van der Waals surface area contributed by atoms with Crippen LogP contribution >= 0.6 is 0 Å². The molecule has 1 atom stereocenters. The summed E-state index contributed by atoms with van der Waals surface area (Å²) >= 11 is 0. The van der Waals surface area contributed by atoms with Crippen molar-refractivity contribution in [2.75, 3.05) is 53.0 Å². The summed E-state index contributed by atoms with van der Waals surface area (Å²) in [5, 5.41) is 0. The van der Waals surface area contributed by atoms with E-state index in [4.69, 9.17) is 9.72 Å². The summed E-state index contributed by atoms with van der Waals surface area (Å²) in [5.41, 5.74) is 1.39. The molecule has 0 bridgehead atoms. The molecule has 122 valence electrons. The number of rotatable bonds is 3. The smallest absolute Gasteiger partial charge is 0.123 e. The van der Waals surface area contributed by atoms with Crippen molar-refractivity contribution in [2.45, 2.75) is 32.1 Å². The molecule has 0 radical (unpaired) electrons. The maximum Gasteiger partial charge on any atom is 0.123 e. The largest absolute Gasteiger partial charge is 0.380 e. The number of aromatic nitrogens is 2. The third-order valence-corrected chi connectivity index (χ3v) is 5.38. The minimum absolute atomic E-state index is 0.603. The summed E-state index contributed by atoms with van der Waals surface area (Å²) < 4.78 is 7.98. The molecule has 4 heterocycles. The average molecular weight is 305 g/mol. The van der Waals surface area contributed by atoms with E-state index in [1.807, 2.05) is 0 Å². The minimum atomic E-state index is 0.603. The lowest BCUT2D eigenvalue weighted by atomic mass is 10.2. The molecule has 4 rings (SSSR count). The van der Waals surface area contributed by atoms with E-state index in [-0.39, 0.29) is 0 Å². The number of hydrogen-bond donors (Lipinski definition) is 0. The predicted octanol–water partition coefficient (Wildman–Crippen LogP) is 0.235. The van der Waals surface area contributed by atoms with E-state index in [2.05, 4.69) is 32.5 Å². The van der Waals surface area contributed by atoms with Gasteiger partial charge < -0.3 is 14.2 Å². The van der Waals surface area contributed by atoms with Gasteiger partial charge in [0.15, 0.2) is 0 Å². The van der Waals surface area contributed by atoms with Crippen LogP contribution in [-0.4, -0.2) is 83.3 Å². The highest BCUT2D eigenvalue weighted by atomic mass is 16.5. The van der Waals surface area contributed by atoms with Crippen molar-refractivity contribution < 1.29 is 4.74 Å². The first-order valence-corrected chi connectivity index (χ1v) is 8.55. The minimum Gasteiger partial charge on any atom is -0.380 e. The second-order valence-corrected chi connectivity index (χ2v) is 6.88. The standard InChI is InChI=1S/C16H27N5O/c1-18-3-5-19(6-4-18)11-15-10-17-16-12-20(7-8-21(15)16)14-2-9-22-13-14/h10,14H,2-9,11-13H2,1H3. The summed E-state index contributed by atoms with van der Waals surface area (Å²) in [6.45, 7) is 10.8. The average Bonchev–Trinajstić information content (AvgIpc) is 3.19. The number of hydrogen-bond acceptors (Lipinski definition) is 5. The van der Waals surface area contributed by atoms with Gasteiger partial charge in [0.25, 0.3) is 0 Å². The Morgan fingerprint density at radius 2 is 2.05 bits per heavy atom. The second-order valence-electron chi connectivity index (χ2n) is 6.88. The number of ether oxygens (including phenoxy) is 1. The molecule has 6 nitrogen and oxygen atoms in total. The van der Waals surface area contributed by atoms with Crippen LogP contribution < -0.4 is 0 Å². The van der Waals surface area contributed by atoms with Crippen LogP contribution in [0.4, 0.5) is 0 Å². The quantitative estimate of drug-likeness (QED) is 0.799. The van der Waals surface area contributed by atoms with Gasteiger partial charge in [-0.25, -0.2) is 4.98 Å². The molecule has 0 spiro atoms. The fourth-order valence-corrected chi connectivity index (χ4v) is 3.83. The Kier molecular flexibility index (Phi) is 4.17. The van der Waals surface area contributed by atoms with Crippen molar-refractivity contribution in [2.24, 2.45) is 0 Å². The molecule has 0 saturated carbocycles. The van der Waals surface area contributed by atoms with E-state index in [1.54, 1.807) is 0 Å². The number of nitrogens with zero attached hydrogens (tertiary/aromatic N) is 5. The zero-order valence-electron chi connectivity index (χ0n) is 13.6. The van der Waals surface area contributed by atoms with Crippen LogP contribution in [0, 0.1) is 0 Å². The highest BCUT2D eigenvalue weighted by Gasteiger charge is 2.28. The maximum absolute atomic E-state index is 5.53. The molecule has 2 fully saturated rings. The van der Waals surface area contributed by atoms with Crippen molar-refractivity contribution in [3.8, 4) is 0 Å². The Labute approximate surface area is 132 Å². The molecule has 0 aliphatic carbocycles. The fraction of sp³-hybridized carbons (Fsp3) is 0.812. The van der Waals surface area contributed by atoms with Crippen LogP contribution in [0.5, 0.6) is 0 Å². The molecule has 0 N–H and O–H groups in total. The second kappa shape index (κ2) is 6.28. The monoisotopic (exact) mass is 305 g/mol. The van der Waals surface area contributed by atoms with Crippen molar-refractivity contribution in [1.29, 1.82) is 0 Å². The first kappa shape index (κ1) is 14.6. The lowest BCUT2D eigenvalue weighted by Gasteiger charge is -2.34. The first-order valence-electron chi connectivity index (χ1n) is 8.55. The molecule has 1 unspecified atom stereocenters. The van der Waals surface area contributed by atoms with Crippen LogP contribution in [-0.2, 0) is 24.4 Å². The van der Waals surface area contributed by atoms with E-state index in [9.17, 15) is 0 Å². The number of imidazole rings is 1. The van der Waals surface area contributed by atoms with Crippen LogP contribution in [0.2, 0.25) is 0 Å². The van der Waals surface area contributed by atoms with Gasteiger partial charge in [0.1, 0.15) is 5.82 Å². The molecule has 1 aromatic heterocycles. The molecular weight excluding hydrogens is 278 g/mol. The zero-order chi connectivity index (χ0) is 14.9. The van der Waals surface area contributed by atoms with Crippen LogP contribution in [0.25, 0.3) is 0 Å². The lowest BCUT2D eigenvalue weighted by molar-refractivity contribution is 0.117. The number of likely N-dealkylation sites (N-methyl/N-ethyl adjacent to an activating group) is 1. The van der Waals surface area contributed by atoms with Crippen molar-refractivity contribution in [3.05, 3.63) is 17.7 Å². The first-order chi connectivity index (χ1) is 10.8. The molecule has 22 heavy (non-hydrogen) atoms. The van der Waals surface area contributed by atoms with Gasteiger partial charge in [-0.3, -0.25) is 9.80 Å². The van der Waals surface area contributed by atoms with E-state index in [1.165, 1.54) is 44.1 Å². The molecule has 2 saturated heterocycles. The van der Waals surface area contributed by atoms with E-state index in [0.29, 0.717) is 6.04 Å². The summed E-state index contributed by atoms with van der Waals surface area (Å²) in [6, 6.07) is 0.603. The zero-order valence-corrected chi connectivity index (χ0v) is 13.6. The van der Waals surface area contributed by atoms with Crippen LogP contribution in [0.1, 0.15) is 17.9 Å². The van der Waals surface area contributed by atoms with E-state index in [0.717, 1.165) is 39.4 Å². The third-order valence-electron chi connectivity index (χ3n) is 5.38. The molecule has 0 aromatic carbocycles. The summed E-state index contributed by atoms with van der Waals surface area (Å²) in [7, 11) is 2.21. The Balaban J connectivity index is 1.40. The molecule has 0 amide bonds. The van der Waals surface area contributed by atoms with Gasteiger partial charge in [-0.1, -0.05) is 0 Å².